The minimum Gasteiger partial charge on any atom is -0.352 e. The Morgan fingerprint density at radius 2 is 1.76 bits per heavy atom. The Balaban J connectivity index is 1.73. The van der Waals surface area contributed by atoms with Crippen LogP contribution in [0.2, 0.25) is 0 Å². The van der Waals surface area contributed by atoms with Crippen LogP contribution >= 0.6 is 0 Å². The highest BCUT2D eigenvalue weighted by atomic mass is 32.2. The van der Waals surface area contributed by atoms with E-state index in [9.17, 15) is 18.0 Å². The number of nitrogens with one attached hydrogen (secondary N) is 2. The zero-order valence-electron chi connectivity index (χ0n) is 15.0. The molecule has 8 nitrogen and oxygen atoms in total. The van der Waals surface area contributed by atoms with E-state index in [1.54, 1.807) is 4.90 Å². The molecule has 2 aliphatic rings. The first-order valence-corrected chi connectivity index (χ1v) is 10.8. The Morgan fingerprint density at radius 1 is 1.16 bits per heavy atom. The summed E-state index contributed by atoms with van der Waals surface area (Å²) in [6, 6.07) is -0.123. The highest BCUT2D eigenvalue weighted by molar-refractivity contribution is 7.88. The molecule has 0 heterocycles. The van der Waals surface area contributed by atoms with E-state index in [0.717, 1.165) is 44.8 Å². The molecule has 2 fully saturated rings. The maximum atomic E-state index is 12.5. The molecule has 0 aromatic carbocycles. The van der Waals surface area contributed by atoms with Crippen molar-refractivity contribution in [2.45, 2.75) is 63.1 Å². The largest absolute Gasteiger partial charge is 0.352 e. The Morgan fingerprint density at radius 3 is 2.24 bits per heavy atom. The van der Waals surface area contributed by atoms with Crippen LogP contribution in [0, 0.1) is 5.92 Å². The van der Waals surface area contributed by atoms with E-state index >= 15 is 0 Å². The van der Waals surface area contributed by atoms with Crippen molar-refractivity contribution in [2.75, 3.05) is 19.8 Å². The topological polar surface area (TPSA) is 122 Å². The van der Waals surface area contributed by atoms with E-state index < -0.39 is 16.1 Å². The molecule has 0 aromatic heterocycles. The molecule has 9 heteroatoms. The number of hydrogen-bond donors (Lipinski definition) is 3. The van der Waals surface area contributed by atoms with Gasteiger partial charge in [-0.1, -0.05) is 0 Å². The molecule has 1 atom stereocenters. The Hall–Kier alpha value is -1.19. The Kier molecular flexibility index (Phi) is 6.81. The van der Waals surface area contributed by atoms with Crippen molar-refractivity contribution in [2.24, 2.45) is 11.7 Å². The van der Waals surface area contributed by atoms with E-state index in [0.29, 0.717) is 6.04 Å². The molecule has 0 aliphatic heterocycles. The quantitative estimate of drug-likeness (QED) is 0.557. The zero-order valence-corrected chi connectivity index (χ0v) is 15.8. The van der Waals surface area contributed by atoms with Crippen LogP contribution in [-0.2, 0) is 19.6 Å². The van der Waals surface area contributed by atoms with Crippen molar-refractivity contribution in [3.8, 4) is 0 Å². The molecule has 0 saturated heterocycles. The Bertz CT molecular complexity index is 583. The van der Waals surface area contributed by atoms with Crippen LogP contribution < -0.4 is 15.8 Å². The van der Waals surface area contributed by atoms with E-state index in [-0.39, 0.29) is 30.3 Å². The number of carbonyl (C=O) groups excluding carboxylic acids is 2. The lowest BCUT2D eigenvalue weighted by molar-refractivity contribution is -0.136. The highest BCUT2D eigenvalue weighted by Crippen LogP contribution is 2.29. The van der Waals surface area contributed by atoms with Crippen LogP contribution in [0.4, 0.5) is 0 Å². The average molecular weight is 375 g/mol. The molecule has 2 saturated carbocycles. The number of sulfonamides is 1. The number of rotatable bonds is 7. The lowest BCUT2D eigenvalue weighted by Gasteiger charge is -2.38. The van der Waals surface area contributed by atoms with Gasteiger partial charge in [-0.15, -0.1) is 0 Å². The minimum atomic E-state index is -3.37. The predicted octanol–water partition coefficient (Wildman–Crippen LogP) is -0.451. The number of amides is 2. The van der Waals surface area contributed by atoms with Gasteiger partial charge in [0, 0.05) is 19.1 Å². The summed E-state index contributed by atoms with van der Waals surface area (Å²) in [5.41, 5.74) is 6.20. The number of nitrogens with zero attached hydrogens (tertiary/aromatic N) is 1. The van der Waals surface area contributed by atoms with Gasteiger partial charge in [0.2, 0.25) is 21.8 Å². The van der Waals surface area contributed by atoms with Crippen molar-refractivity contribution >= 4 is 21.8 Å². The summed E-state index contributed by atoms with van der Waals surface area (Å²) in [7, 11) is -1.53. The molecule has 4 N–H and O–H groups in total. The van der Waals surface area contributed by atoms with Crippen LogP contribution in [0.5, 0.6) is 0 Å². The van der Waals surface area contributed by atoms with Crippen LogP contribution in [0.1, 0.15) is 44.9 Å². The standard InChI is InChI=1S/C16H30N4O4S/c1-20(13-4-3-5-13)16(22)15(17)11-6-8-12(9-7-11)19-14(21)10-18-25(2,23)24/h11-13,15,18H,3-10,17H2,1-2H3,(H,19,21)/t11?,12?,15-/m0/s1. The van der Waals surface area contributed by atoms with Gasteiger partial charge in [0.15, 0.2) is 0 Å². The zero-order chi connectivity index (χ0) is 18.6. The predicted molar refractivity (Wildman–Crippen MR) is 95.1 cm³/mol. The third-order valence-electron chi connectivity index (χ3n) is 5.39. The molecular weight excluding hydrogens is 344 g/mol. The lowest BCUT2D eigenvalue weighted by atomic mass is 9.81. The molecule has 2 rings (SSSR count). The summed E-state index contributed by atoms with van der Waals surface area (Å²) in [4.78, 5) is 26.0. The first-order chi connectivity index (χ1) is 11.7. The first-order valence-electron chi connectivity index (χ1n) is 8.93. The third-order valence-corrected chi connectivity index (χ3v) is 6.06. The minimum absolute atomic E-state index is 0.0109. The Labute approximate surface area is 149 Å². The van der Waals surface area contributed by atoms with Gasteiger partial charge in [-0.25, -0.2) is 13.1 Å². The van der Waals surface area contributed by atoms with E-state index in [4.69, 9.17) is 5.73 Å². The molecule has 25 heavy (non-hydrogen) atoms. The summed E-state index contributed by atoms with van der Waals surface area (Å²) in [5.74, 6) is -0.175. The second-order valence-corrected chi connectivity index (χ2v) is 9.17. The summed E-state index contributed by atoms with van der Waals surface area (Å²) >= 11 is 0. The summed E-state index contributed by atoms with van der Waals surface area (Å²) < 4.78 is 24.2. The molecule has 0 aromatic rings. The van der Waals surface area contributed by atoms with Crippen molar-refractivity contribution in [1.29, 1.82) is 0 Å². The van der Waals surface area contributed by atoms with Crippen molar-refractivity contribution in [3.63, 3.8) is 0 Å². The van der Waals surface area contributed by atoms with Crippen LogP contribution in [0.3, 0.4) is 0 Å². The lowest BCUT2D eigenvalue weighted by Crippen LogP contribution is -2.52. The van der Waals surface area contributed by atoms with Gasteiger partial charge in [-0.3, -0.25) is 9.59 Å². The van der Waals surface area contributed by atoms with E-state index in [1.807, 2.05) is 7.05 Å². The van der Waals surface area contributed by atoms with Gasteiger partial charge in [0.1, 0.15) is 0 Å². The molecule has 0 spiro atoms. The SMILES string of the molecule is CN(C(=O)[C@@H](N)C1CCC(NC(=O)CNS(C)(=O)=O)CC1)C1CCC1. The molecule has 0 unspecified atom stereocenters. The molecule has 2 aliphatic carbocycles. The molecule has 0 bridgehead atoms. The smallest absolute Gasteiger partial charge is 0.239 e. The number of hydrogen-bond acceptors (Lipinski definition) is 5. The van der Waals surface area contributed by atoms with Crippen LogP contribution in [0.15, 0.2) is 0 Å². The fourth-order valence-electron chi connectivity index (χ4n) is 3.49. The maximum absolute atomic E-state index is 12.5. The van der Waals surface area contributed by atoms with Gasteiger partial charge in [0.25, 0.3) is 0 Å². The second kappa shape index (κ2) is 8.46. The van der Waals surface area contributed by atoms with Crippen molar-refractivity contribution in [3.05, 3.63) is 0 Å². The molecule has 2 amide bonds. The second-order valence-electron chi connectivity index (χ2n) is 7.33. The van der Waals surface area contributed by atoms with Gasteiger partial charge >= 0.3 is 0 Å². The maximum Gasteiger partial charge on any atom is 0.239 e. The normalized spacial score (nSPS) is 25.7. The fourth-order valence-corrected chi connectivity index (χ4v) is 3.88. The number of likely N-dealkylation sites (N-methyl/N-ethyl adjacent to an activating group) is 1. The van der Waals surface area contributed by atoms with E-state index in [1.165, 1.54) is 6.42 Å². The van der Waals surface area contributed by atoms with Gasteiger partial charge in [-0.05, 0) is 50.9 Å². The van der Waals surface area contributed by atoms with Crippen molar-refractivity contribution < 1.29 is 18.0 Å². The summed E-state index contributed by atoms with van der Waals surface area (Å²) in [6.45, 7) is -0.247. The first kappa shape index (κ1) is 20.1. The van der Waals surface area contributed by atoms with Crippen molar-refractivity contribution in [1.82, 2.24) is 14.9 Å². The third kappa shape index (κ3) is 5.93. The molecule has 144 valence electrons. The summed E-state index contributed by atoms with van der Waals surface area (Å²) in [5, 5.41) is 2.84. The van der Waals surface area contributed by atoms with Gasteiger partial charge in [-0.2, -0.15) is 0 Å². The van der Waals surface area contributed by atoms with Crippen LogP contribution in [0.25, 0.3) is 0 Å². The average Bonchev–Trinajstić information content (AvgIpc) is 2.50. The van der Waals surface area contributed by atoms with Gasteiger partial charge < -0.3 is 16.0 Å². The highest BCUT2D eigenvalue weighted by Gasteiger charge is 2.34. The van der Waals surface area contributed by atoms with E-state index in [2.05, 4.69) is 10.0 Å². The number of nitrogens with two attached hydrogens (primary N) is 1. The fraction of sp³-hybridized carbons (Fsp3) is 0.875. The van der Waals surface area contributed by atoms with Gasteiger partial charge in [0.05, 0.1) is 18.8 Å². The molecular formula is C16H30N4O4S. The summed E-state index contributed by atoms with van der Waals surface area (Å²) in [6.07, 6.45) is 7.41. The van der Waals surface area contributed by atoms with Crippen LogP contribution in [-0.4, -0.2) is 63.1 Å². The number of carbonyl (C=O) groups is 2. The monoisotopic (exact) mass is 374 g/mol. The molecule has 0 radical (unpaired) electrons.